The number of aromatic nitrogens is 2. The van der Waals surface area contributed by atoms with E-state index in [4.69, 9.17) is 107 Å². The standard InChI is InChI=1S/C65H72Cl6N6O12Si2/c1-62(2,3)90(9,10)88-58-50-28-42(38-18-20-46-40(26-38)16-13-22-72-46)34-74(50)56(78)44-30-52(82-7)54(32-48(44)76(58)60(80)86-36-64(66,67)68)84-24-15-25-85-55-33-49-45(31-53(55)83-8)57(79)75-35-43(39-19-21-47-41(27-39)17-14-23-73-47)29-51(75)59(89-91(11,12)63(4,5)6)77(49)61(81)87-37-65(69,70)71/h13-14,16-23,26-27,30-35,50-51,58-59H,15,24-25,28-29,36-37H2,1-12H3/t50-,51-,58-,59-/m0/s1. The third-order valence-electron chi connectivity index (χ3n) is 17.6. The molecule has 6 heterocycles. The summed E-state index contributed by atoms with van der Waals surface area (Å²) in [6, 6.07) is 24.1. The van der Waals surface area contributed by atoms with Crippen molar-refractivity contribution < 1.29 is 56.5 Å². The van der Waals surface area contributed by atoms with Gasteiger partial charge in [0, 0.05) is 54.1 Å². The molecule has 0 saturated carbocycles. The van der Waals surface area contributed by atoms with E-state index in [9.17, 15) is 9.59 Å². The molecule has 484 valence electrons. The topological polar surface area (TPSA) is 181 Å². The highest BCUT2D eigenvalue weighted by molar-refractivity contribution is 6.74. The Kier molecular flexibility index (Phi) is 19.4. The highest BCUT2D eigenvalue weighted by Crippen LogP contribution is 2.50. The molecule has 0 unspecified atom stereocenters. The molecule has 4 amide bonds. The molecule has 0 spiro atoms. The van der Waals surface area contributed by atoms with Crippen LogP contribution in [0.25, 0.3) is 33.0 Å². The van der Waals surface area contributed by atoms with Crippen molar-refractivity contribution in [3.05, 3.63) is 132 Å². The second kappa shape index (κ2) is 26.0. The van der Waals surface area contributed by atoms with Crippen LogP contribution in [0.2, 0.25) is 36.3 Å². The number of fused-ring (bicyclic) bond motifs is 6. The SMILES string of the molecule is COc1cc2c(cc1OCCCOc1cc3c(cc1OC)C(=O)N1C=C(c4ccc5ncccc5c4)C[C@H]1[C@H](O[Si](C)(C)C(C)(C)C)N3C(=O)OCC(Cl)(Cl)Cl)N(C(=O)OCC(Cl)(Cl)Cl)[C@@H](O[Si](C)(C)C(C)(C)C)[C@@H]1CC(c3ccc4ncccc4c3)=CN1C2=O. The van der Waals surface area contributed by atoms with Crippen molar-refractivity contribution >= 4 is 155 Å². The van der Waals surface area contributed by atoms with E-state index in [1.165, 1.54) is 36.2 Å². The number of carbonyl (C=O) groups is 4. The molecule has 0 N–H and O–H groups in total. The molecule has 10 rings (SSSR count). The van der Waals surface area contributed by atoms with Crippen molar-refractivity contribution in [3.8, 4) is 23.0 Å². The molecule has 4 aliphatic heterocycles. The molecule has 6 aromatic rings. The Morgan fingerprint density at radius 1 is 0.549 bits per heavy atom. The predicted octanol–water partition coefficient (Wildman–Crippen LogP) is 16.5. The van der Waals surface area contributed by atoms with Crippen LogP contribution in [0.5, 0.6) is 23.0 Å². The van der Waals surface area contributed by atoms with Crippen LogP contribution in [0.4, 0.5) is 21.0 Å². The summed E-state index contributed by atoms with van der Waals surface area (Å²) >= 11 is 37.2. The molecule has 0 radical (unpaired) electrons. The molecule has 91 heavy (non-hydrogen) atoms. The first kappa shape index (κ1) is 67.8. The number of amides is 4. The largest absolute Gasteiger partial charge is 0.493 e. The highest BCUT2D eigenvalue weighted by atomic mass is 35.6. The second-order valence-electron chi connectivity index (χ2n) is 25.8. The lowest BCUT2D eigenvalue weighted by molar-refractivity contribution is 0.0584. The lowest BCUT2D eigenvalue weighted by Gasteiger charge is -2.44. The molecule has 4 aromatic carbocycles. The minimum atomic E-state index is -2.82. The van der Waals surface area contributed by atoms with Crippen LogP contribution in [0.15, 0.2) is 110 Å². The van der Waals surface area contributed by atoms with Gasteiger partial charge in [0.15, 0.2) is 52.1 Å². The summed E-state index contributed by atoms with van der Waals surface area (Å²) in [5.41, 5.74) is 5.39. The molecule has 0 saturated heterocycles. The summed E-state index contributed by atoms with van der Waals surface area (Å²) in [5.74, 6) is -0.199. The fourth-order valence-corrected chi connectivity index (χ4v) is 13.6. The fraction of sp³-hybridized carbons (Fsp3) is 0.415. The lowest BCUT2D eigenvalue weighted by atomic mass is 9.99. The lowest BCUT2D eigenvalue weighted by Crippen LogP contribution is -2.58. The third kappa shape index (κ3) is 14.4. The van der Waals surface area contributed by atoms with E-state index in [1.54, 1.807) is 46.7 Å². The Morgan fingerprint density at radius 3 is 1.29 bits per heavy atom. The van der Waals surface area contributed by atoms with E-state index in [2.05, 4.69) is 77.7 Å². The van der Waals surface area contributed by atoms with Crippen molar-refractivity contribution in [2.75, 3.05) is 50.4 Å². The van der Waals surface area contributed by atoms with Gasteiger partial charge < -0.3 is 47.1 Å². The molecule has 0 bridgehead atoms. The summed E-state index contributed by atoms with van der Waals surface area (Å²) in [7, 11) is -2.77. The Morgan fingerprint density at radius 2 is 0.934 bits per heavy atom. The van der Waals surface area contributed by atoms with Crippen molar-refractivity contribution in [2.24, 2.45) is 0 Å². The van der Waals surface area contributed by atoms with Crippen LogP contribution in [-0.2, 0) is 18.3 Å². The van der Waals surface area contributed by atoms with Gasteiger partial charge in [0.05, 0.1) is 73.1 Å². The third-order valence-corrected chi connectivity index (χ3v) is 27.2. The molecular formula is C65H72Cl6N6O12Si2. The van der Waals surface area contributed by atoms with Gasteiger partial charge in [-0.05, 0) is 120 Å². The van der Waals surface area contributed by atoms with Gasteiger partial charge in [-0.1, -0.05) is 135 Å². The molecule has 2 aromatic heterocycles. The van der Waals surface area contributed by atoms with E-state index >= 15 is 9.59 Å². The molecular weight excluding hydrogens is 1330 g/mol. The quantitative estimate of drug-likeness (QED) is 0.0507. The first-order valence-electron chi connectivity index (χ1n) is 29.6. The zero-order chi connectivity index (χ0) is 65.9. The van der Waals surface area contributed by atoms with E-state index in [-0.39, 0.29) is 88.1 Å². The van der Waals surface area contributed by atoms with Gasteiger partial charge in [-0.2, -0.15) is 0 Å². The Hall–Kier alpha value is -6.05. The van der Waals surface area contributed by atoms with Crippen LogP contribution in [0.3, 0.4) is 0 Å². The monoisotopic (exact) mass is 1390 g/mol. The Balaban J connectivity index is 0.983. The second-order valence-corrected chi connectivity index (χ2v) is 40.4. The number of pyridine rings is 2. The van der Waals surface area contributed by atoms with E-state index in [0.717, 1.165) is 44.1 Å². The summed E-state index contributed by atoms with van der Waals surface area (Å²) in [6.45, 7) is 19.4. The number of alkyl halides is 6. The number of methoxy groups -OCH3 is 2. The fourth-order valence-electron chi connectivity index (χ4n) is 10.9. The van der Waals surface area contributed by atoms with Gasteiger partial charge in [-0.15, -0.1) is 0 Å². The van der Waals surface area contributed by atoms with Gasteiger partial charge in [0.2, 0.25) is 7.59 Å². The van der Waals surface area contributed by atoms with Crippen molar-refractivity contribution in [1.82, 2.24) is 19.8 Å². The van der Waals surface area contributed by atoms with E-state index in [0.29, 0.717) is 0 Å². The van der Waals surface area contributed by atoms with Crippen LogP contribution < -0.4 is 28.7 Å². The molecule has 26 heteroatoms. The Labute approximate surface area is 561 Å². The highest BCUT2D eigenvalue weighted by Gasteiger charge is 2.54. The zero-order valence-corrected chi connectivity index (χ0v) is 59.0. The maximum atomic E-state index is 15.3. The van der Waals surface area contributed by atoms with Crippen LogP contribution in [0, 0.1) is 0 Å². The number of halogens is 6. The van der Waals surface area contributed by atoms with E-state index < -0.39 is 86.0 Å². The molecule has 4 atom stereocenters. The zero-order valence-electron chi connectivity index (χ0n) is 52.5. The first-order valence-corrected chi connectivity index (χ1v) is 37.6. The number of nitrogens with zero attached hydrogens (tertiary/aromatic N) is 6. The first-order chi connectivity index (χ1) is 42.7. The summed E-state index contributed by atoms with van der Waals surface area (Å²) < 4.78 is 47.0. The maximum absolute atomic E-state index is 15.3. The number of carbonyl (C=O) groups excluding carboxylic acids is 4. The number of ether oxygens (including phenoxy) is 6. The predicted molar refractivity (Wildman–Crippen MR) is 363 cm³/mol. The summed E-state index contributed by atoms with van der Waals surface area (Å²) in [4.78, 5) is 75.2. The van der Waals surface area contributed by atoms with Crippen molar-refractivity contribution in [1.29, 1.82) is 0 Å². The number of hydrogen-bond acceptors (Lipinski definition) is 14. The van der Waals surface area contributed by atoms with Crippen LogP contribution in [0.1, 0.15) is 92.6 Å². The number of benzene rings is 4. The van der Waals surface area contributed by atoms with Crippen molar-refractivity contribution in [3.63, 3.8) is 0 Å². The smallest absolute Gasteiger partial charge is 0.416 e. The van der Waals surface area contributed by atoms with Gasteiger partial charge in [-0.3, -0.25) is 19.6 Å². The van der Waals surface area contributed by atoms with Crippen molar-refractivity contribution in [2.45, 2.75) is 129 Å². The van der Waals surface area contributed by atoms with Gasteiger partial charge in [0.25, 0.3) is 11.8 Å². The minimum Gasteiger partial charge on any atom is -0.493 e. The summed E-state index contributed by atoms with van der Waals surface area (Å²) in [6.07, 6.45) is 3.73. The van der Waals surface area contributed by atoms with Gasteiger partial charge in [-0.25, -0.2) is 19.4 Å². The molecule has 18 nitrogen and oxygen atoms in total. The van der Waals surface area contributed by atoms with Crippen LogP contribution >= 0.6 is 69.6 Å². The number of rotatable bonds is 16. The Bertz CT molecular complexity index is 3640. The summed E-state index contributed by atoms with van der Waals surface area (Å²) in [5, 5.41) is 1.10. The average Bonchev–Trinajstić information content (AvgIpc) is 1.62. The van der Waals surface area contributed by atoms with Gasteiger partial charge >= 0.3 is 12.2 Å². The minimum absolute atomic E-state index is 0.00446. The number of hydrogen-bond donors (Lipinski definition) is 0. The normalized spacial score (nSPS) is 18.8. The van der Waals surface area contributed by atoms with Crippen LogP contribution in [-0.4, -0.2) is 133 Å². The van der Waals surface area contributed by atoms with E-state index in [1.807, 2.05) is 60.7 Å². The molecule has 4 aliphatic rings. The average molecular weight is 1400 g/mol. The van der Waals surface area contributed by atoms with Gasteiger partial charge in [0.1, 0.15) is 13.2 Å². The maximum Gasteiger partial charge on any atom is 0.416 e. The molecule has 0 aliphatic carbocycles. The molecule has 0 fully saturated rings. The number of anilines is 2.